The van der Waals surface area contributed by atoms with Crippen LogP contribution in [0.5, 0.6) is 0 Å². The van der Waals surface area contributed by atoms with Gasteiger partial charge in [-0.2, -0.15) is 0 Å². The first kappa shape index (κ1) is 43.6. The molecule has 0 unspecified atom stereocenters. The van der Waals surface area contributed by atoms with E-state index in [2.05, 4.69) is 20.9 Å². The third-order valence-electron chi connectivity index (χ3n) is 10.2. The lowest BCUT2D eigenvalue weighted by Gasteiger charge is -2.29. The number of amides is 5. The molecule has 0 spiro atoms. The normalized spacial score (nSPS) is 14.2. The number of benzene rings is 4. The molecule has 1 aromatic heterocycles. The molecule has 1 aliphatic rings. The summed E-state index contributed by atoms with van der Waals surface area (Å²) in [6.07, 6.45) is 1.15. The van der Waals surface area contributed by atoms with Crippen molar-refractivity contribution in [3.05, 3.63) is 120 Å². The van der Waals surface area contributed by atoms with Crippen LogP contribution in [0.25, 0.3) is 22.2 Å². The number of nitrogens with one attached hydrogen (secondary N) is 4. The smallest absolute Gasteiger partial charge is 0.408 e. The summed E-state index contributed by atoms with van der Waals surface area (Å²) in [5.41, 5.74) is 3.52. The number of H-pyrrole nitrogens is 1. The number of likely N-dealkylation sites (tertiary alicyclic amines) is 1. The van der Waals surface area contributed by atoms with Crippen molar-refractivity contribution in [1.82, 2.24) is 20.1 Å². The van der Waals surface area contributed by atoms with Gasteiger partial charge in [0, 0.05) is 35.4 Å². The van der Waals surface area contributed by atoms with Crippen molar-refractivity contribution in [2.75, 3.05) is 37.4 Å². The number of anilines is 2. The predicted octanol–water partition coefficient (Wildman–Crippen LogP) is 7.24. The average Bonchev–Trinajstić information content (AvgIpc) is 3.88. The fourth-order valence-corrected chi connectivity index (χ4v) is 7.39. The molecule has 5 aromatic rings. The van der Waals surface area contributed by atoms with Gasteiger partial charge in [0.15, 0.2) is 0 Å². The molecule has 14 heteroatoms. The number of carbonyl (C=O) groups excluding carboxylic acids is 6. The fourth-order valence-electron chi connectivity index (χ4n) is 7.39. The molecular formula is C47H52N6O8. The lowest BCUT2D eigenvalue weighted by atomic mass is 10.0. The summed E-state index contributed by atoms with van der Waals surface area (Å²) in [5.74, 6) is -1.92. The van der Waals surface area contributed by atoms with Gasteiger partial charge in [0.2, 0.25) is 17.7 Å². The van der Waals surface area contributed by atoms with Crippen LogP contribution in [-0.2, 0) is 35.1 Å². The van der Waals surface area contributed by atoms with Crippen molar-refractivity contribution in [1.29, 1.82) is 0 Å². The van der Waals surface area contributed by atoms with Crippen LogP contribution in [0.2, 0.25) is 0 Å². The Morgan fingerprint density at radius 3 is 2.20 bits per heavy atom. The van der Waals surface area contributed by atoms with Crippen LogP contribution in [-0.4, -0.2) is 88.9 Å². The van der Waals surface area contributed by atoms with E-state index in [9.17, 15) is 28.8 Å². The number of aromatic nitrogens is 1. The van der Waals surface area contributed by atoms with Crippen molar-refractivity contribution < 1.29 is 38.2 Å². The minimum atomic E-state index is -1.08. The maximum atomic E-state index is 14.1. The molecule has 14 nitrogen and oxygen atoms in total. The van der Waals surface area contributed by atoms with E-state index < -0.39 is 41.6 Å². The van der Waals surface area contributed by atoms with Gasteiger partial charge in [0.05, 0.1) is 31.3 Å². The first-order valence-electron chi connectivity index (χ1n) is 20.4. The first-order chi connectivity index (χ1) is 29.2. The van der Waals surface area contributed by atoms with Gasteiger partial charge in [-0.15, -0.1) is 0 Å². The van der Waals surface area contributed by atoms with Gasteiger partial charge in [0.25, 0.3) is 5.91 Å². The van der Waals surface area contributed by atoms with Gasteiger partial charge in [-0.05, 0) is 87.1 Å². The third kappa shape index (κ3) is 11.0. The second-order valence-electron chi connectivity index (χ2n) is 15.9. The predicted molar refractivity (Wildman–Crippen MR) is 233 cm³/mol. The number of fused-ring (bicyclic) bond motifs is 1. The molecule has 0 radical (unpaired) electrons. The Morgan fingerprint density at radius 2 is 1.54 bits per heavy atom. The zero-order chi connectivity index (χ0) is 43.7. The van der Waals surface area contributed by atoms with Crippen molar-refractivity contribution in [2.24, 2.45) is 0 Å². The quantitative estimate of drug-likeness (QED) is 0.0847. The second-order valence-corrected chi connectivity index (χ2v) is 15.9. The number of hydrogen-bond acceptors (Lipinski definition) is 8. The molecule has 1 fully saturated rings. The number of alkyl carbamates (subject to hydrolysis) is 1. The number of rotatable bonds is 14. The van der Waals surface area contributed by atoms with E-state index in [0.717, 1.165) is 5.56 Å². The minimum absolute atomic E-state index is 0.0940. The largest absolute Gasteiger partial charge is 0.465 e. The standard InChI is InChI=1S/C47H52N6O8/c1-6-25-52(39(55)27-30-14-9-7-10-15-30)29-38(54)48-33-21-19-32(20-22-33)41-40(45(58)60-5)35-28-34(23-24-36(35)50-41)49-43(56)37-18-13-26-53(37)44(57)42(31-16-11-8-12-17-31)51-46(59)61-47(2,3)4/h7-12,14-17,19-24,28,37,42,50H,6,13,18,25-27,29H2,1-5H3,(H,48,54)(H,49,56)(H,51,59)/t37-,42+/m0/s1. The van der Waals surface area contributed by atoms with E-state index in [4.69, 9.17) is 9.47 Å². The lowest BCUT2D eigenvalue weighted by molar-refractivity contribution is -0.138. The van der Waals surface area contributed by atoms with Crippen molar-refractivity contribution in [2.45, 2.75) is 71.1 Å². The number of methoxy groups -OCH3 is 1. The Morgan fingerprint density at radius 1 is 0.869 bits per heavy atom. The Bertz CT molecular complexity index is 2370. The molecule has 0 saturated carbocycles. The summed E-state index contributed by atoms with van der Waals surface area (Å²) < 4.78 is 10.6. The number of ether oxygens (including phenoxy) is 2. The van der Waals surface area contributed by atoms with Crippen LogP contribution in [0, 0.1) is 0 Å². The molecule has 0 aliphatic carbocycles. The summed E-state index contributed by atoms with van der Waals surface area (Å²) in [7, 11) is 1.29. The summed E-state index contributed by atoms with van der Waals surface area (Å²) >= 11 is 0. The molecule has 5 amide bonds. The highest BCUT2D eigenvalue weighted by atomic mass is 16.6. The molecular weight excluding hydrogens is 777 g/mol. The number of aromatic amines is 1. The first-order valence-corrected chi connectivity index (χ1v) is 20.4. The zero-order valence-corrected chi connectivity index (χ0v) is 35.1. The van der Waals surface area contributed by atoms with Gasteiger partial charge in [-0.3, -0.25) is 19.2 Å². The maximum Gasteiger partial charge on any atom is 0.408 e. The van der Waals surface area contributed by atoms with Crippen LogP contribution in [0.3, 0.4) is 0 Å². The Hall–Kier alpha value is -6.96. The SMILES string of the molecule is CCCN(CC(=O)Nc1ccc(-c2[nH]c3ccc(NC(=O)[C@@H]4CCCN4C(=O)[C@H](NC(=O)OC(C)(C)C)c4ccccc4)cc3c2C(=O)OC)cc1)C(=O)Cc1ccccc1. The molecule has 4 aromatic carbocycles. The molecule has 1 saturated heterocycles. The summed E-state index contributed by atoms with van der Waals surface area (Å²) in [4.78, 5) is 86.6. The summed E-state index contributed by atoms with van der Waals surface area (Å²) in [6, 6.07) is 28.4. The molecule has 4 N–H and O–H groups in total. The van der Waals surface area contributed by atoms with Crippen molar-refractivity contribution >= 4 is 58.0 Å². The van der Waals surface area contributed by atoms with E-state index in [1.165, 1.54) is 12.0 Å². The van der Waals surface area contributed by atoms with Gasteiger partial charge in [-0.1, -0.05) is 79.7 Å². The third-order valence-corrected chi connectivity index (χ3v) is 10.2. The average molecular weight is 829 g/mol. The molecule has 318 valence electrons. The molecule has 61 heavy (non-hydrogen) atoms. The van der Waals surface area contributed by atoms with Crippen LogP contribution < -0.4 is 16.0 Å². The van der Waals surface area contributed by atoms with E-state index in [0.29, 0.717) is 71.5 Å². The highest BCUT2D eigenvalue weighted by Crippen LogP contribution is 2.34. The Balaban J connectivity index is 1.16. The highest BCUT2D eigenvalue weighted by Gasteiger charge is 2.39. The Kier molecular flexibility index (Phi) is 13.9. The van der Waals surface area contributed by atoms with Gasteiger partial charge in [-0.25, -0.2) is 9.59 Å². The molecule has 0 bridgehead atoms. The van der Waals surface area contributed by atoms with Gasteiger partial charge < -0.3 is 40.2 Å². The van der Waals surface area contributed by atoms with Crippen LogP contribution in [0.15, 0.2) is 103 Å². The van der Waals surface area contributed by atoms with E-state index >= 15 is 0 Å². The topological polar surface area (TPSA) is 179 Å². The van der Waals surface area contributed by atoms with Gasteiger partial charge in [0.1, 0.15) is 17.7 Å². The van der Waals surface area contributed by atoms with E-state index in [-0.39, 0.29) is 30.3 Å². The highest BCUT2D eigenvalue weighted by molar-refractivity contribution is 6.11. The minimum Gasteiger partial charge on any atom is -0.465 e. The number of nitrogens with zero attached hydrogens (tertiary/aromatic N) is 2. The fraction of sp³-hybridized carbons (Fsp3) is 0.319. The van der Waals surface area contributed by atoms with Crippen LogP contribution >= 0.6 is 0 Å². The summed E-state index contributed by atoms with van der Waals surface area (Å²) in [6.45, 7) is 7.82. The molecule has 2 heterocycles. The van der Waals surface area contributed by atoms with Gasteiger partial charge >= 0.3 is 12.1 Å². The molecule has 2 atom stereocenters. The zero-order valence-electron chi connectivity index (χ0n) is 35.1. The van der Waals surface area contributed by atoms with Crippen LogP contribution in [0.4, 0.5) is 16.2 Å². The van der Waals surface area contributed by atoms with E-state index in [1.54, 1.807) is 98.5 Å². The van der Waals surface area contributed by atoms with E-state index in [1.807, 2.05) is 37.3 Å². The maximum absolute atomic E-state index is 14.1. The monoisotopic (exact) mass is 828 g/mol. The second kappa shape index (κ2) is 19.4. The number of esters is 1. The Labute approximate surface area is 355 Å². The number of hydrogen-bond donors (Lipinski definition) is 4. The molecule has 6 rings (SSSR count). The van der Waals surface area contributed by atoms with Crippen molar-refractivity contribution in [3.8, 4) is 11.3 Å². The number of carbonyl (C=O) groups is 6. The van der Waals surface area contributed by atoms with Crippen LogP contribution in [0.1, 0.15) is 74.5 Å². The summed E-state index contributed by atoms with van der Waals surface area (Å²) in [5, 5.41) is 9.01. The molecule has 1 aliphatic heterocycles. The van der Waals surface area contributed by atoms with Crippen molar-refractivity contribution in [3.63, 3.8) is 0 Å². The lowest BCUT2D eigenvalue weighted by Crippen LogP contribution is -2.49.